The molecule has 11 rings (SSSR count). The van der Waals surface area contributed by atoms with Gasteiger partial charge in [0.05, 0.1) is 5.69 Å². The summed E-state index contributed by atoms with van der Waals surface area (Å²) in [5.41, 5.74) is 16.5. The Bertz CT molecular complexity index is 3220. The third-order valence-electron chi connectivity index (χ3n) is 12.6. The van der Waals surface area contributed by atoms with E-state index in [-0.39, 0.29) is 5.41 Å². The number of rotatable bonds is 8. The fourth-order valence-electron chi connectivity index (χ4n) is 9.49. The molecular weight excluding hydrogens is 737 g/mol. The van der Waals surface area contributed by atoms with Crippen molar-refractivity contribution in [3.8, 4) is 33.4 Å². The van der Waals surface area contributed by atoms with Gasteiger partial charge in [0.1, 0.15) is 0 Å². The molecule has 0 saturated carbocycles. The molecule has 10 aromatic rings. The number of hydrogen-bond donors (Lipinski definition) is 0. The lowest BCUT2D eigenvalue weighted by Crippen LogP contribution is -2.17. The Balaban J connectivity index is 1.12. The van der Waals surface area contributed by atoms with E-state index in [1.54, 1.807) is 0 Å². The monoisotopic (exact) mass is 780 g/mol. The summed E-state index contributed by atoms with van der Waals surface area (Å²) in [5, 5.41) is 4.82. The van der Waals surface area contributed by atoms with E-state index in [4.69, 9.17) is 0 Å². The second-order valence-corrected chi connectivity index (χ2v) is 16.6. The van der Waals surface area contributed by atoms with Gasteiger partial charge in [-0.2, -0.15) is 0 Å². The van der Waals surface area contributed by atoms with Crippen LogP contribution in [0.2, 0.25) is 0 Å². The summed E-state index contributed by atoms with van der Waals surface area (Å²) >= 11 is 0. The molecule has 0 spiro atoms. The average Bonchev–Trinajstić information content (AvgIpc) is 3.55. The van der Waals surface area contributed by atoms with Crippen molar-refractivity contribution in [3.63, 3.8) is 0 Å². The summed E-state index contributed by atoms with van der Waals surface area (Å²) in [5.74, 6) is 0. The molecule has 0 atom stereocenters. The third kappa shape index (κ3) is 6.45. The number of benzene rings is 10. The number of anilines is 6. The Morgan fingerprint density at radius 1 is 0.279 bits per heavy atom. The standard InChI is InChI=1S/C59H44N2/c1-59(2)56-27-14-13-26-53(56)54-35-34-52(40-57(54)59)60(48-31-28-43(29-32-48)41-16-5-3-6-17-41)49-24-15-25-50(39-49)61(51-33-30-42-18-9-10-21-45(42)36-51)58-38-47-23-12-11-22-46(47)37-55(58)44-19-7-4-8-20-44/h3-40H,1-2H3. The van der Waals surface area contributed by atoms with Gasteiger partial charge in [0, 0.05) is 39.4 Å². The fourth-order valence-corrected chi connectivity index (χ4v) is 9.49. The van der Waals surface area contributed by atoms with E-state index in [1.807, 2.05) is 0 Å². The molecule has 10 aromatic carbocycles. The molecule has 0 unspecified atom stereocenters. The highest BCUT2D eigenvalue weighted by Crippen LogP contribution is 2.51. The van der Waals surface area contributed by atoms with Crippen LogP contribution in [0.3, 0.4) is 0 Å². The quantitative estimate of drug-likeness (QED) is 0.152. The molecule has 1 aliphatic rings. The SMILES string of the molecule is CC1(C)c2ccccc2-c2ccc(N(c3ccc(-c4ccccc4)cc3)c3cccc(N(c4ccc5ccccc5c4)c4cc5ccccc5cc4-c4ccccc4)c3)cc21. The molecule has 2 nitrogen and oxygen atoms in total. The molecule has 2 heteroatoms. The number of nitrogens with zero attached hydrogens (tertiary/aromatic N) is 2. The van der Waals surface area contributed by atoms with E-state index in [0.717, 1.165) is 34.1 Å². The lowest BCUT2D eigenvalue weighted by Gasteiger charge is -2.31. The van der Waals surface area contributed by atoms with Gasteiger partial charge in [0.15, 0.2) is 0 Å². The molecule has 0 N–H and O–H groups in total. The minimum Gasteiger partial charge on any atom is -0.310 e. The molecule has 0 fully saturated rings. The highest BCUT2D eigenvalue weighted by molar-refractivity contribution is 6.00. The van der Waals surface area contributed by atoms with Crippen LogP contribution in [0.4, 0.5) is 34.1 Å². The smallest absolute Gasteiger partial charge is 0.0546 e. The normalized spacial score (nSPS) is 12.6. The summed E-state index contributed by atoms with van der Waals surface area (Å²) in [6.07, 6.45) is 0. The van der Waals surface area contributed by atoms with Crippen LogP contribution in [0.5, 0.6) is 0 Å². The van der Waals surface area contributed by atoms with Crippen LogP contribution in [0, 0.1) is 0 Å². The van der Waals surface area contributed by atoms with Gasteiger partial charge in [-0.15, -0.1) is 0 Å². The molecular formula is C59H44N2. The molecule has 0 aromatic heterocycles. The molecule has 0 aliphatic heterocycles. The van der Waals surface area contributed by atoms with Crippen molar-refractivity contribution in [2.45, 2.75) is 19.3 Å². The van der Waals surface area contributed by atoms with Crippen molar-refractivity contribution in [2.24, 2.45) is 0 Å². The zero-order valence-corrected chi connectivity index (χ0v) is 34.3. The lowest BCUT2D eigenvalue weighted by molar-refractivity contribution is 0.660. The molecule has 0 saturated heterocycles. The Morgan fingerprint density at radius 3 is 1.52 bits per heavy atom. The zero-order chi connectivity index (χ0) is 40.9. The highest BCUT2D eigenvalue weighted by Gasteiger charge is 2.36. The minimum atomic E-state index is -0.135. The third-order valence-corrected chi connectivity index (χ3v) is 12.6. The Labute approximate surface area is 358 Å². The second-order valence-electron chi connectivity index (χ2n) is 16.6. The molecule has 61 heavy (non-hydrogen) atoms. The van der Waals surface area contributed by atoms with E-state index in [9.17, 15) is 0 Å². The minimum absolute atomic E-state index is 0.135. The largest absolute Gasteiger partial charge is 0.310 e. The van der Waals surface area contributed by atoms with Crippen LogP contribution in [-0.2, 0) is 5.41 Å². The zero-order valence-electron chi connectivity index (χ0n) is 34.3. The van der Waals surface area contributed by atoms with Crippen molar-refractivity contribution < 1.29 is 0 Å². The van der Waals surface area contributed by atoms with Crippen molar-refractivity contribution in [3.05, 3.63) is 242 Å². The summed E-state index contributed by atoms with van der Waals surface area (Å²) in [7, 11) is 0. The average molecular weight is 781 g/mol. The summed E-state index contributed by atoms with van der Waals surface area (Å²) in [6, 6.07) is 84.3. The predicted molar refractivity (Wildman–Crippen MR) is 259 cm³/mol. The second kappa shape index (κ2) is 14.9. The van der Waals surface area contributed by atoms with Crippen LogP contribution in [0.1, 0.15) is 25.0 Å². The van der Waals surface area contributed by atoms with Crippen molar-refractivity contribution >= 4 is 55.7 Å². The molecule has 0 bridgehead atoms. The summed E-state index contributed by atoms with van der Waals surface area (Å²) in [6.45, 7) is 4.72. The Hall–Kier alpha value is -7.68. The van der Waals surface area contributed by atoms with Gasteiger partial charge in [0.2, 0.25) is 0 Å². The topological polar surface area (TPSA) is 6.48 Å². The van der Waals surface area contributed by atoms with Gasteiger partial charge in [-0.1, -0.05) is 178 Å². The number of hydrogen-bond acceptors (Lipinski definition) is 2. The Morgan fingerprint density at radius 2 is 0.787 bits per heavy atom. The van der Waals surface area contributed by atoms with Crippen LogP contribution in [0.25, 0.3) is 54.9 Å². The van der Waals surface area contributed by atoms with Gasteiger partial charge in [-0.3, -0.25) is 0 Å². The number of fused-ring (bicyclic) bond motifs is 5. The van der Waals surface area contributed by atoms with Crippen LogP contribution in [-0.4, -0.2) is 0 Å². The van der Waals surface area contributed by atoms with Crippen LogP contribution in [0.15, 0.2) is 231 Å². The molecule has 0 radical (unpaired) electrons. The Kier molecular flexibility index (Phi) is 8.86. The molecule has 0 amide bonds. The maximum absolute atomic E-state index is 2.45. The van der Waals surface area contributed by atoms with Crippen molar-refractivity contribution in [1.82, 2.24) is 0 Å². The maximum atomic E-state index is 2.45. The first-order valence-corrected chi connectivity index (χ1v) is 21.2. The first kappa shape index (κ1) is 36.4. The molecule has 290 valence electrons. The highest BCUT2D eigenvalue weighted by atomic mass is 15.2. The van der Waals surface area contributed by atoms with E-state index in [2.05, 4.69) is 254 Å². The van der Waals surface area contributed by atoms with E-state index in [0.29, 0.717) is 0 Å². The van der Waals surface area contributed by atoms with Gasteiger partial charge < -0.3 is 9.80 Å². The first-order valence-electron chi connectivity index (χ1n) is 21.2. The van der Waals surface area contributed by atoms with Gasteiger partial charge in [-0.05, 0) is 127 Å². The maximum Gasteiger partial charge on any atom is 0.0546 e. The van der Waals surface area contributed by atoms with Gasteiger partial charge >= 0.3 is 0 Å². The lowest BCUT2D eigenvalue weighted by atomic mass is 9.82. The fraction of sp³-hybridized carbons (Fsp3) is 0.0508. The predicted octanol–water partition coefficient (Wildman–Crippen LogP) is 16.6. The van der Waals surface area contributed by atoms with E-state index >= 15 is 0 Å². The van der Waals surface area contributed by atoms with Crippen molar-refractivity contribution in [2.75, 3.05) is 9.80 Å². The summed E-state index contributed by atoms with van der Waals surface area (Å²) < 4.78 is 0. The van der Waals surface area contributed by atoms with Gasteiger partial charge in [0.25, 0.3) is 0 Å². The molecule has 1 aliphatic carbocycles. The summed E-state index contributed by atoms with van der Waals surface area (Å²) in [4.78, 5) is 4.87. The van der Waals surface area contributed by atoms with Crippen LogP contribution < -0.4 is 9.80 Å². The van der Waals surface area contributed by atoms with E-state index in [1.165, 1.54) is 66.1 Å². The van der Waals surface area contributed by atoms with E-state index < -0.39 is 0 Å². The van der Waals surface area contributed by atoms with Crippen molar-refractivity contribution in [1.29, 1.82) is 0 Å². The van der Waals surface area contributed by atoms with Crippen LogP contribution >= 0.6 is 0 Å². The molecule has 0 heterocycles. The first-order chi connectivity index (χ1) is 30.0. The van der Waals surface area contributed by atoms with Gasteiger partial charge in [-0.25, -0.2) is 0 Å².